The minimum atomic E-state index is -0.833. The van der Waals surface area contributed by atoms with Gasteiger partial charge in [-0.2, -0.15) is 0 Å². The molecule has 2 rings (SSSR count). The number of anilines is 1. The van der Waals surface area contributed by atoms with E-state index in [9.17, 15) is 5.11 Å². The zero-order chi connectivity index (χ0) is 15.7. The summed E-state index contributed by atoms with van der Waals surface area (Å²) in [6, 6.07) is 7.03. The molecule has 0 saturated heterocycles. The molecule has 5 N–H and O–H groups in total. The van der Waals surface area contributed by atoms with Gasteiger partial charge in [-0.15, -0.1) is 11.3 Å². The Hall–Kier alpha value is -2.61. The predicted octanol–water partition coefficient (Wildman–Crippen LogP) is 1.87. The van der Waals surface area contributed by atoms with Crippen LogP contribution in [0.5, 0.6) is 5.75 Å². The van der Waals surface area contributed by atoms with Gasteiger partial charge in [-0.25, -0.2) is 9.98 Å². The number of aliphatic imine (C=N–C) groups is 1. The highest BCUT2D eigenvalue weighted by molar-refractivity contribution is 7.13. The van der Waals surface area contributed by atoms with Crippen molar-refractivity contribution in [2.24, 2.45) is 10.7 Å². The SMILES string of the molecule is CC(=O)O.NC(=NCc1ccccc1O)Nc1nccs1. The highest BCUT2D eigenvalue weighted by atomic mass is 32.1. The minimum Gasteiger partial charge on any atom is -0.508 e. The molecule has 0 saturated carbocycles. The molecule has 0 amide bonds. The summed E-state index contributed by atoms with van der Waals surface area (Å²) in [6.07, 6.45) is 1.68. The molecule has 112 valence electrons. The van der Waals surface area contributed by atoms with E-state index < -0.39 is 5.97 Å². The lowest BCUT2D eigenvalue weighted by atomic mass is 10.2. The first-order chi connectivity index (χ1) is 9.99. The summed E-state index contributed by atoms with van der Waals surface area (Å²) in [6.45, 7) is 1.41. The number of thiazole rings is 1. The monoisotopic (exact) mass is 308 g/mol. The number of hydrogen-bond donors (Lipinski definition) is 4. The summed E-state index contributed by atoms with van der Waals surface area (Å²) in [7, 11) is 0. The Bertz CT molecular complexity index is 595. The fraction of sp³-hybridized carbons (Fsp3) is 0.154. The van der Waals surface area contributed by atoms with Crippen LogP contribution in [0.2, 0.25) is 0 Å². The van der Waals surface area contributed by atoms with E-state index in [-0.39, 0.29) is 11.7 Å². The molecule has 0 radical (unpaired) electrons. The number of benzene rings is 1. The summed E-state index contributed by atoms with van der Waals surface area (Å²) in [5, 5.41) is 22.4. The summed E-state index contributed by atoms with van der Waals surface area (Å²) in [5.41, 5.74) is 6.42. The molecule has 0 aliphatic carbocycles. The number of aromatic nitrogens is 1. The zero-order valence-electron chi connectivity index (χ0n) is 11.4. The van der Waals surface area contributed by atoms with E-state index in [0.29, 0.717) is 11.7 Å². The van der Waals surface area contributed by atoms with Gasteiger partial charge in [0.2, 0.25) is 0 Å². The van der Waals surface area contributed by atoms with Crippen LogP contribution in [0, 0.1) is 0 Å². The Morgan fingerprint density at radius 2 is 2.14 bits per heavy atom. The van der Waals surface area contributed by atoms with Gasteiger partial charge in [-0.1, -0.05) is 18.2 Å². The summed E-state index contributed by atoms with van der Waals surface area (Å²) in [5.74, 6) is -0.332. The van der Waals surface area contributed by atoms with Gasteiger partial charge in [0.1, 0.15) is 5.75 Å². The number of phenols is 1. The molecule has 0 aliphatic rings. The molecule has 21 heavy (non-hydrogen) atoms. The number of nitrogens with zero attached hydrogens (tertiary/aromatic N) is 2. The lowest BCUT2D eigenvalue weighted by Crippen LogP contribution is -2.22. The maximum Gasteiger partial charge on any atom is 0.300 e. The van der Waals surface area contributed by atoms with Crippen LogP contribution in [-0.4, -0.2) is 27.1 Å². The number of rotatable bonds is 3. The number of carbonyl (C=O) groups is 1. The maximum absolute atomic E-state index is 9.54. The van der Waals surface area contributed by atoms with Crippen molar-refractivity contribution in [2.45, 2.75) is 13.5 Å². The molecule has 1 aromatic heterocycles. The third kappa shape index (κ3) is 6.92. The smallest absolute Gasteiger partial charge is 0.300 e. The van der Waals surface area contributed by atoms with Crippen LogP contribution in [0.15, 0.2) is 40.8 Å². The molecule has 1 heterocycles. The van der Waals surface area contributed by atoms with Crippen LogP contribution in [0.25, 0.3) is 0 Å². The molecule has 0 bridgehead atoms. The van der Waals surface area contributed by atoms with Crippen LogP contribution in [0.4, 0.5) is 5.13 Å². The highest BCUT2D eigenvalue weighted by Gasteiger charge is 2.00. The van der Waals surface area contributed by atoms with E-state index in [4.69, 9.17) is 15.6 Å². The Labute approximate surface area is 125 Å². The molecule has 0 spiro atoms. The van der Waals surface area contributed by atoms with Crippen molar-refractivity contribution in [1.29, 1.82) is 0 Å². The largest absolute Gasteiger partial charge is 0.508 e. The number of hydrogen-bond acceptors (Lipinski definition) is 5. The molecule has 1 aromatic carbocycles. The molecular formula is C13H16N4O3S. The molecule has 0 fully saturated rings. The number of nitrogens with two attached hydrogens (primary N) is 1. The number of para-hydroxylation sites is 1. The maximum atomic E-state index is 9.54. The van der Waals surface area contributed by atoms with Crippen molar-refractivity contribution < 1.29 is 15.0 Å². The molecule has 8 heteroatoms. The van der Waals surface area contributed by atoms with Crippen molar-refractivity contribution in [3.8, 4) is 5.75 Å². The Kier molecular flexibility index (Phi) is 6.69. The Morgan fingerprint density at radius 1 is 1.48 bits per heavy atom. The topological polar surface area (TPSA) is 121 Å². The highest BCUT2D eigenvalue weighted by Crippen LogP contribution is 2.16. The van der Waals surface area contributed by atoms with E-state index >= 15 is 0 Å². The third-order valence-corrected chi connectivity index (χ3v) is 2.77. The Morgan fingerprint density at radius 3 is 2.71 bits per heavy atom. The number of aliphatic carboxylic acids is 1. The van der Waals surface area contributed by atoms with Crippen molar-refractivity contribution in [2.75, 3.05) is 5.32 Å². The van der Waals surface area contributed by atoms with Crippen LogP contribution in [-0.2, 0) is 11.3 Å². The van der Waals surface area contributed by atoms with Crippen LogP contribution in [0.1, 0.15) is 12.5 Å². The summed E-state index contributed by atoms with van der Waals surface area (Å²) >= 11 is 1.44. The first-order valence-electron chi connectivity index (χ1n) is 5.92. The summed E-state index contributed by atoms with van der Waals surface area (Å²) < 4.78 is 0. The number of phenolic OH excluding ortho intramolecular Hbond substituents is 1. The second kappa shape index (κ2) is 8.54. The number of aromatic hydroxyl groups is 1. The molecule has 0 unspecified atom stereocenters. The molecular weight excluding hydrogens is 292 g/mol. The minimum absolute atomic E-state index is 0.221. The van der Waals surface area contributed by atoms with E-state index in [0.717, 1.165) is 12.5 Å². The van der Waals surface area contributed by atoms with Gasteiger partial charge >= 0.3 is 0 Å². The van der Waals surface area contributed by atoms with Gasteiger partial charge in [0.05, 0.1) is 6.54 Å². The number of guanidine groups is 1. The van der Waals surface area contributed by atoms with E-state index in [2.05, 4.69) is 15.3 Å². The fourth-order valence-electron chi connectivity index (χ4n) is 1.25. The van der Waals surface area contributed by atoms with E-state index in [1.165, 1.54) is 11.3 Å². The van der Waals surface area contributed by atoms with Gasteiger partial charge in [0.15, 0.2) is 11.1 Å². The van der Waals surface area contributed by atoms with Crippen LogP contribution < -0.4 is 11.1 Å². The van der Waals surface area contributed by atoms with Crippen molar-refractivity contribution in [3.63, 3.8) is 0 Å². The second-order valence-corrected chi connectivity index (χ2v) is 4.71. The van der Waals surface area contributed by atoms with E-state index in [1.807, 2.05) is 11.4 Å². The number of nitrogens with one attached hydrogen (secondary N) is 1. The lowest BCUT2D eigenvalue weighted by Gasteiger charge is -2.03. The molecule has 0 aliphatic heterocycles. The number of carboxylic acid groups (broad SMARTS) is 1. The lowest BCUT2D eigenvalue weighted by molar-refractivity contribution is -0.134. The van der Waals surface area contributed by atoms with Crippen LogP contribution in [0.3, 0.4) is 0 Å². The van der Waals surface area contributed by atoms with Gasteiger partial charge in [-0.3, -0.25) is 4.79 Å². The predicted molar refractivity (Wildman–Crippen MR) is 82.5 cm³/mol. The third-order valence-electron chi connectivity index (χ3n) is 2.08. The van der Waals surface area contributed by atoms with Gasteiger partial charge in [0, 0.05) is 24.1 Å². The van der Waals surface area contributed by atoms with Crippen molar-refractivity contribution in [1.82, 2.24) is 4.98 Å². The summed E-state index contributed by atoms with van der Waals surface area (Å²) in [4.78, 5) is 17.1. The van der Waals surface area contributed by atoms with Gasteiger partial charge in [0.25, 0.3) is 5.97 Å². The van der Waals surface area contributed by atoms with Crippen molar-refractivity contribution in [3.05, 3.63) is 41.4 Å². The Balaban J connectivity index is 0.000000491. The molecule has 7 nitrogen and oxygen atoms in total. The second-order valence-electron chi connectivity index (χ2n) is 3.81. The average Bonchev–Trinajstić information content (AvgIpc) is 2.90. The van der Waals surface area contributed by atoms with Crippen LogP contribution >= 0.6 is 11.3 Å². The zero-order valence-corrected chi connectivity index (χ0v) is 12.2. The first kappa shape index (κ1) is 16.4. The number of carboxylic acids is 1. The van der Waals surface area contributed by atoms with Crippen molar-refractivity contribution >= 4 is 28.4 Å². The standard InChI is InChI=1S/C11H12N4OS.C2H4O2/c12-10(15-11-13-5-6-17-11)14-7-8-3-1-2-4-9(8)16;1-2(3)4/h1-6,16H,7H2,(H3,12,13,14,15);1H3,(H,3,4). The molecule has 0 atom stereocenters. The van der Waals surface area contributed by atoms with Gasteiger partial charge < -0.3 is 21.3 Å². The quantitative estimate of drug-likeness (QED) is 0.507. The van der Waals surface area contributed by atoms with Gasteiger partial charge in [-0.05, 0) is 6.07 Å². The first-order valence-corrected chi connectivity index (χ1v) is 6.80. The van der Waals surface area contributed by atoms with E-state index in [1.54, 1.807) is 24.4 Å². The normalized spacial score (nSPS) is 10.4. The molecule has 2 aromatic rings. The average molecular weight is 308 g/mol. The fourth-order valence-corrected chi connectivity index (χ4v) is 1.78.